The molecular formula is C24H28FN5O. The van der Waals surface area contributed by atoms with Crippen molar-refractivity contribution in [2.24, 2.45) is 5.92 Å². The van der Waals surface area contributed by atoms with Crippen LogP contribution in [0, 0.1) is 11.7 Å². The lowest BCUT2D eigenvalue weighted by molar-refractivity contribution is 0.0943. The second-order valence-electron chi connectivity index (χ2n) is 8.36. The summed E-state index contributed by atoms with van der Waals surface area (Å²) >= 11 is 0. The van der Waals surface area contributed by atoms with E-state index in [-0.39, 0.29) is 5.91 Å². The van der Waals surface area contributed by atoms with E-state index in [1.807, 2.05) is 43.3 Å². The molecule has 0 radical (unpaired) electrons. The predicted molar refractivity (Wildman–Crippen MR) is 122 cm³/mol. The Kier molecular flexibility index (Phi) is 6.30. The van der Waals surface area contributed by atoms with Crippen LogP contribution in [0.5, 0.6) is 0 Å². The van der Waals surface area contributed by atoms with E-state index in [0.717, 1.165) is 42.4 Å². The van der Waals surface area contributed by atoms with E-state index >= 15 is 0 Å². The number of rotatable bonds is 6. The molecule has 1 aliphatic rings. The number of benzene rings is 2. The van der Waals surface area contributed by atoms with Crippen LogP contribution in [0.1, 0.15) is 36.0 Å². The van der Waals surface area contributed by atoms with Crippen LogP contribution in [0.15, 0.2) is 48.5 Å². The molecule has 1 heterocycles. The molecule has 4 rings (SSSR count). The van der Waals surface area contributed by atoms with Gasteiger partial charge in [0.2, 0.25) is 5.95 Å². The lowest BCUT2D eigenvalue weighted by atomic mass is 9.86. The lowest BCUT2D eigenvalue weighted by Gasteiger charge is -2.29. The Morgan fingerprint density at radius 3 is 2.58 bits per heavy atom. The molecule has 1 amide bonds. The van der Waals surface area contributed by atoms with Crippen LogP contribution in [-0.2, 0) is 0 Å². The van der Waals surface area contributed by atoms with Gasteiger partial charge in [-0.2, -0.15) is 4.98 Å². The van der Waals surface area contributed by atoms with Crippen molar-refractivity contribution in [3.63, 3.8) is 0 Å². The average Bonchev–Trinajstić information content (AvgIpc) is 2.77. The summed E-state index contributed by atoms with van der Waals surface area (Å²) in [6.07, 6.45) is 4.01. The quantitative estimate of drug-likeness (QED) is 0.623. The fourth-order valence-corrected chi connectivity index (χ4v) is 4.13. The molecular weight excluding hydrogens is 393 g/mol. The highest BCUT2D eigenvalue weighted by molar-refractivity contribution is 5.94. The van der Waals surface area contributed by atoms with E-state index in [1.165, 1.54) is 12.1 Å². The number of nitrogens with one attached hydrogen (secondary N) is 2. The topological polar surface area (TPSA) is 70.2 Å². The second-order valence-corrected chi connectivity index (χ2v) is 8.36. The Labute approximate surface area is 181 Å². The van der Waals surface area contributed by atoms with Gasteiger partial charge >= 0.3 is 0 Å². The SMILES string of the molecule is CN(C)c1nc(N[C@H]2CC[C@@H](CNC(=O)c3cccc(F)c3)CC2)nc2ccccc12. The van der Waals surface area contributed by atoms with E-state index < -0.39 is 5.82 Å². The molecule has 0 bridgehead atoms. The lowest BCUT2D eigenvalue weighted by Crippen LogP contribution is -2.34. The molecule has 2 aromatic carbocycles. The van der Waals surface area contributed by atoms with E-state index in [4.69, 9.17) is 9.97 Å². The van der Waals surface area contributed by atoms with E-state index in [2.05, 4.69) is 10.6 Å². The number of hydrogen-bond donors (Lipinski definition) is 2. The number of nitrogens with zero attached hydrogens (tertiary/aromatic N) is 3. The maximum atomic E-state index is 13.3. The van der Waals surface area contributed by atoms with Crippen LogP contribution in [0.3, 0.4) is 0 Å². The highest BCUT2D eigenvalue weighted by Crippen LogP contribution is 2.28. The third-order valence-corrected chi connectivity index (χ3v) is 5.82. The minimum absolute atomic E-state index is 0.222. The number of halogens is 1. The third kappa shape index (κ3) is 5.10. The number of hydrogen-bond acceptors (Lipinski definition) is 5. The van der Waals surface area contributed by atoms with Crippen molar-refractivity contribution >= 4 is 28.6 Å². The van der Waals surface area contributed by atoms with Gasteiger partial charge in [0.25, 0.3) is 5.91 Å². The smallest absolute Gasteiger partial charge is 0.251 e. The maximum absolute atomic E-state index is 13.3. The van der Waals surface area contributed by atoms with Gasteiger partial charge in [0.05, 0.1) is 5.52 Å². The molecule has 31 heavy (non-hydrogen) atoms. The molecule has 0 aliphatic heterocycles. The molecule has 1 aliphatic carbocycles. The number of aromatic nitrogens is 2. The fraction of sp³-hybridized carbons (Fsp3) is 0.375. The van der Waals surface area contributed by atoms with Gasteiger partial charge in [0.15, 0.2) is 0 Å². The third-order valence-electron chi connectivity index (χ3n) is 5.82. The van der Waals surface area contributed by atoms with Crippen molar-refractivity contribution in [3.8, 4) is 0 Å². The van der Waals surface area contributed by atoms with Crippen molar-refractivity contribution in [2.45, 2.75) is 31.7 Å². The van der Waals surface area contributed by atoms with Crippen LogP contribution >= 0.6 is 0 Å². The Hall–Kier alpha value is -3.22. The number of carbonyl (C=O) groups is 1. The van der Waals surface area contributed by atoms with E-state index in [0.29, 0.717) is 30.0 Å². The van der Waals surface area contributed by atoms with Gasteiger partial charge in [0, 0.05) is 37.6 Å². The summed E-state index contributed by atoms with van der Waals surface area (Å²) in [5.74, 6) is 1.37. The molecule has 6 nitrogen and oxygen atoms in total. The molecule has 1 aromatic heterocycles. The molecule has 2 N–H and O–H groups in total. The summed E-state index contributed by atoms with van der Waals surface area (Å²) in [7, 11) is 3.98. The molecule has 1 saturated carbocycles. The van der Waals surface area contributed by atoms with Crippen LogP contribution in [0.25, 0.3) is 10.9 Å². The Morgan fingerprint density at radius 2 is 1.84 bits per heavy atom. The first-order valence-electron chi connectivity index (χ1n) is 10.7. The van der Waals surface area contributed by atoms with Gasteiger partial charge in [-0.05, 0) is 61.9 Å². The summed E-state index contributed by atoms with van der Waals surface area (Å²) in [6.45, 7) is 0.610. The number of carbonyl (C=O) groups excluding carboxylic acids is 1. The van der Waals surface area contributed by atoms with Gasteiger partial charge < -0.3 is 15.5 Å². The molecule has 0 spiro atoms. The summed E-state index contributed by atoms with van der Waals surface area (Å²) in [5, 5.41) is 7.49. The van der Waals surface area contributed by atoms with Gasteiger partial charge in [-0.3, -0.25) is 4.79 Å². The Balaban J connectivity index is 1.32. The predicted octanol–water partition coefficient (Wildman–Crippen LogP) is 4.24. The van der Waals surface area contributed by atoms with Gasteiger partial charge in [-0.25, -0.2) is 9.37 Å². The first kappa shape index (κ1) is 21.0. The molecule has 3 aromatic rings. The minimum atomic E-state index is -0.396. The average molecular weight is 422 g/mol. The first-order chi connectivity index (χ1) is 15.0. The fourth-order valence-electron chi connectivity index (χ4n) is 4.13. The van der Waals surface area contributed by atoms with Gasteiger partial charge in [-0.1, -0.05) is 18.2 Å². The van der Waals surface area contributed by atoms with Crippen LogP contribution in [0.4, 0.5) is 16.2 Å². The number of para-hydroxylation sites is 1. The van der Waals surface area contributed by atoms with Gasteiger partial charge in [0.1, 0.15) is 11.6 Å². The first-order valence-corrected chi connectivity index (χ1v) is 10.7. The normalized spacial score (nSPS) is 18.5. The number of amides is 1. The Morgan fingerprint density at radius 1 is 1.06 bits per heavy atom. The number of fused-ring (bicyclic) bond motifs is 1. The Bertz CT molecular complexity index is 1060. The highest BCUT2D eigenvalue weighted by atomic mass is 19.1. The molecule has 1 fully saturated rings. The molecule has 0 atom stereocenters. The van der Waals surface area contributed by atoms with Gasteiger partial charge in [-0.15, -0.1) is 0 Å². The summed E-state index contributed by atoms with van der Waals surface area (Å²) in [5.41, 5.74) is 1.29. The summed E-state index contributed by atoms with van der Waals surface area (Å²) < 4.78 is 13.3. The summed E-state index contributed by atoms with van der Waals surface area (Å²) in [6, 6.07) is 14.1. The molecule has 162 valence electrons. The maximum Gasteiger partial charge on any atom is 0.251 e. The molecule has 7 heteroatoms. The van der Waals surface area contributed by atoms with Crippen LogP contribution < -0.4 is 15.5 Å². The van der Waals surface area contributed by atoms with Crippen molar-refractivity contribution < 1.29 is 9.18 Å². The molecule has 0 unspecified atom stereocenters. The van der Waals surface area contributed by atoms with Crippen LogP contribution in [-0.4, -0.2) is 42.6 Å². The minimum Gasteiger partial charge on any atom is -0.362 e. The van der Waals surface area contributed by atoms with E-state index in [1.54, 1.807) is 12.1 Å². The zero-order valence-corrected chi connectivity index (χ0v) is 17.9. The zero-order chi connectivity index (χ0) is 21.8. The second kappa shape index (κ2) is 9.29. The van der Waals surface area contributed by atoms with Crippen molar-refractivity contribution in [3.05, 3.63) is 59.9 Å². The van der Waals surface area contributed by atoms with Crippen molar-refractivity contribution in [1.29, 1.82) is 0 Å². The largest absolute Gasteiger partial charge is 0.362 e. The van der Waals surface area contributed by atoms with Crippen LogP contribution in [0.2, 0.25) is 0 Å². The molecule has 0 saturated heterocycles. The monoisotopic (exact) mass is 421 g/mol. The van der Waals surface area contributed by atoms with Crippen molar-refractivity contribution in [1.82, 2.24) is 15.3 Å². The zero-order valence-electron chi connectivity index (χ0n) is 17.9. The summed E-state index contributed by atoms with van der Waals surface area (Å²) in [4.78, 5) is 23.7. The highest BCUT2D eigenvalue weighted by Gasteiger charge is 2.23. The standard InChI is InChI=1S/C24H28FN5O/c1-30(2)22-20-8-3-4-9-21(20)28-24(29-22)27-19-12-10-16(11-13-19)15-26-23(31)17-6-5-7-18(25)14-17/h3-9,14,16,19H,10-13,15H2,1-2H3,(H,26,31)(H,27,28,29)/t16-,19+. The number of anilines is 2. The van der Waals surface area contributed by atoms with E-state index in [9.17, 15) is 9.18 Å². The van der Waals surface area contributed by atoms with Crippen molar-refractivity contribution in [2.75, 3.05) is 30.9 Å².